The summed E-state index contributed by atoms with van der Waals surface area (Å²) in [5.41, 5.74) is 5.46. The number of nitrogens with two attached hydrogens (primary N) is 1. The monoisotopic (exact) mass is 265 g/mol. The van der Waals surface area contributed by atoms with E-state index in [1.54, 1.807) is 14.0 Å². The van der Waals surface area contributed by atoms with Gasteiger partial charge in [0.1, 0.15) is 16.9 Å². The Morgan fingerprint density at radius 3 is 2.11 bits per heavy atom. The number of rotatable bonds is 4. The van der Waals surface area contributed by atoms with Crippen LogP contribution < -0.4 is 10.5 Å². The number of esters is 1. The Morgan fingerprint density at radius 1 is 1.16 bits per heavy atom. The van der Waals surface area contributed by atoms with E-state index in [9.17, 15) is 4.79 Å². The van der Waals surface area contributed by atoms with Gasteiger partial charge in [-0.2, -0.15) is 0 Å². The summed E-state index contributed by atoms with van der Waals surface area (Å²) in [7, 11) is 1.61. The lowest BCUT2D eigenvalue weighted by Gasteiger charge is -2.28. The third-order valence-electron chi connectivity index (χ3n) is 2.60. The van der Waals surface area contributed by atoms with Crippen molar-refractivity contribution in [2.24, 2.45) is 5.73 Å². The van der Waals surface area contributed by atoms with Gasteiger partial charge in [-0.15, -0.1) is 0 Å². The van der Waals surface area contributed by atoms with Crippen LogP contribution in [0.25, 0.3) is 0 Å². The molecule has 0 radical (unpaired) electrons. The van der Waals surface area contributed by atoms with Crippen molar-refractivity contribution in [1.82, 2.24) is 0 Å². The van der Waals surface area contributed by atoms with Gasteiger partial charge in [0.25, 0.3) is 0 Å². The summed E-state index contributed by atoms with van der Waals surface area (Å²) in [5.74, 6) is 0.385. The molecule has 4 heteroatoms. The molecule has 0 aliphatic carbocycles. The second-order valence-electron chi connectivity index (χ2n) is 5.94. The van der Waals surface area contributed by atoms with Crippen LogP contribution in [-0.4, -0.2) is 24.2 Å². The van der Waals surface area contributed by atoms with Crippen LogP contribution in [0.2, 0.25) is 0 Å². The van der Waals surface area contributed by atoms with Gasteiger partial charge in [-0.25, -0.2) is 0 Å². The Bertz CT molecular complexity index is 430. The van der Waals surface area contributed by atoms with Crippen molar-refractivity contribution >= 4 is 5.97 Å². The molecule has 0 heterocycles. The van der Waals surface area contributed by atoms with Crippen LogP contribution in [0.1, 0.15) is 33.3 Å². The van der Waals surface area contributed by atoms with Gasteiger partial charge in [0, 0.05) is 6.42 Å². The Kier molecular flexibility index (Phi) is 4.58. The summed E-state index contributed by atoms with van der Waals surface area (Å²) in [6.07, 6.45) is 0.423. The SMILES string of the molecule is COc1ccc(CC(C)(N)C(=O)OC(C)(C)C)cc1. The zero-order valence-electron chi connectivity index (χ0n) is 12.3. The average Bonchev–Trinajstić information content (AvgIpc) is 2.27. The quantitative estimate of drug-likeness (QED) is 0.848. The highest BCUT2D eigenvalue weighted by molar-refractivity contribution is 5.80. The molecule has 1 rings (SSSR count). The predicted octanol–water partition coefficient (Wildman–Crippen LogP) is 2.30. The molecular formula is C15H23NO3. The van der Waals surface area contributed by atoms with Gasteiger partial charge in [0.15, 0.2) is 0 Å². The van der Waals surface area contributed by atoms with Crippen LogP contribution in [0, 0.1) is 0 Å². The van der Waals surface area contributed by atoms with Gasteiger partial charge in [-0.3, -0.25) is 4.79 Å². The number of carbonyl (C=O) groups excluding carboxylic acids is 1. The van der Waals surface area contributed by atoms with Crippen molar-refractivity contribution in [3.8, 4) is 5.75 Å². The molecule has 4 nitrogen and oxygen atoms in total. The minimum atomic E-state index is -1.04. The molecule has 2 N–H and O–H groups in total. The first-order chi connectivity index (χ1) is 8.64. The van der Waals surface area contributed by atoms with Crippen molar-refractivity contribution in [2.45, 2.75) is 45.3 Å². The largest absolute Gasteiger partial charge is 0.497 e. The second kappa shape index (κ2) is 5.61. The zero-order chi connectivity index (χ0) is 14.7. The van der Waals surface area contributed by atoms with Gasteiger partial charge in [-0.05, 0) is 45.4 Å². The topological polar surface area (TPSA) is 61.5 Å². The van der Waals surface area contributed by atoms with Gasteiger partial charge >= 0.3 is 5.97 Å². The molecule has 0 bridgehead atoms. The highest BCUT2D eigenvalue weighted by Gasteiger charge is 2.33. The number of benzene rings is 1. The first kappa shape index (κ1) is 15.5. The van der Waals surface area contributed by atoms with Crippen molar-refractivity contribution in [2.75, 3.05) is 7.11 Å². The fourth-order valence-corrected chi connectivity index (χ4v) is 1.63. The second-order valence-corrected chi connectivity index (χ2v) is 5.94. The third-order valence-corrected chi connectivity index (χ3v) is 2.60. The number of hydrogen-bond donors (Lipinski definition) is 1. The van der Waals surface area contributed by atoms with E-state index in [4.69, 9.17) is 15.2 Å². The number of hydrogen-bond acceptors (Lipinski definition) is 4. The molecule has 0 saturated heterocycles. The fourth-order valence-electron chi connectivity index (χ4n) is 1.63. The smallest absolute Gasteiger partial charge is 0.326 e. The summed E-state index contributed by atoms with van der Waals surface area (Å²) in [4.78, 5) is 12.0. The maximum atomic E-state index is 12.0. The first-order valence-electron chi connectivity index (χ1n) is 6.29. The van der Waals surface area contributed by atoms with E-state index >= 15 is 0 Å². The molecule has 19 heavy (non-hydrogen) atoms. The summed E-state index contributed by atoms with van der Waals surface area (Å²) >= 11 is 0. The van der Waals surface area contributed by atoms with Gasteiger partial charge in [0.05, 0.1) is 7.11 Å². The van der Waals surface area contributed by atoms with Crippen LogP contribution in [0.4, 0.5) is 0 Å². The maximum absolute atomic E-state index is 12.0. The molecule has 1 atom stereocenters. The Labute approximate surface area is 114 Å². The molecule has 0 aliphatic heterocycles. The fraction of sp³-hybridized carbons (Fsp3) is 0.533. The molecular weight excluding hydrogens is 242 g/mol. The van der Waals surface area contributed by atoms with E-state index in [2.05, 4.69) is 0 Å². The molecule has 0 fully saturated rings. The Hall–Kier alpha value is -1.55. The predicted molar refractivity (Wildman–Crippen MR) is 75.1 cm³/mol. The van der Waals surface area contributed by atoms with E-state index in [0.29, 0.717) is 6.42 Å². The van der Waals surface area contributed by atoms with E-state index in [0.717, 1.165) is 11.3 Å². The average molecular weight is 265 g/mol. The standard InChI is InChI=1S/C15H23NO3/c1-14(2,3)19-13(17)15(4,16)10-11-6-8-12(18-5)9-7-11/h6-9H,10,16H2,1-5H3. The van der Waals surface area contributed by atoms with Crippen LogP contribution in [0.5, 0.6) is 5.75 Å². The van der Waals surface area contributed by atoms with E-state index in [1.165, 1.54) is 0 Å². The van der Waals surface area contributed by atoms with Crippen LogP contribution in [0.15, 0.2) is 24.3 Å². The van der Waals surface area contributed by atoms with Gasteiger partial charge < -0.3 is 15.2 Å². The minimum absolute atomic E-state index is 0.393. The van der Waals surface area contributed by atoms with Crippen molar-refractivity contribution in [3.05, 3.63) is 29.8 Å². The highest BCUT2D eigenvalue weighted by Crippen LogP contribution is 2.19. The summed E-state index contributed by atoms with van der Waals surface area (Å²) in [6.45, 7) is 7.17. The van der Waals surface area contributed by atoms with Gasteiger partial charge in [-0.1, -0.05) is 12.1 Å². The lowest BCUT2D eigenvalue weighted by atomic mass is 9.93. The molecule has 1 aromatic carbocycles. The lowest BCUT2D eigenvalue weighted by Crippen LogP contribution is -2.50. The summed E-state index contributed by atoms with van der Waals surface area (Å²) in [6, 6.07) is 7.49. The van der Waals surface area contributed by atoms with Gasteiger partial charge in [0.2, 0.25) is 0 Å². The number of methoxy groups -OCH3 is 1. The molecule has 1 aromatic rings. The third kappa shape index (κ3) is 4.91. The first-order valence-corrected chi connectivity index (χ1v) is 6.29. The van der Waals surface area contributed by atoms with Crippen molar-refractivity contribution < 1.29 is 14.3 Å². The van der Waals surface area contributed by atoms with Crippen molar-refractivity contribution in [1.29, 1.82) is 0 Å². The van der Waals surface area contributed by atoms with Crippen LogP contribution in [-0.2, 0) is 16.0 Å². The van der Waals surface area contributed by atoms with E-state index < -0.39 is 17.1 Å². The molecule has 0 saturated carbocycles. The molecule has 0 spiro atoms. The molecule has 0 aromatic heterocycles. The lowest BCUT2D eigenvalue weighted by molar-refractivity contribution is -0.160. The van der Waals surface area contributed by atoms with Crippen LogP contribution in [0.3, 0.4) is 0 Å². The minimum Gasteiger partial charge on any atom is -0.497 e. The van der Waals surface area contributed by atoms with Crippen molar-refractivity contribution in [3.63, 3.8) is 0 Å². The Morgan fingerprint density at radius 2 is 1.68 bits per heavy atom. The zero-order valence-corrected chi connectivity index (χ0v) is 12.3. The number of carbonyl (C=O) groups is 1. The summed E-state index contributed by atoms with van der Waals surface area (Å²) in [5, 5.41) is 0. The van der Waals surface area contributed by atoms with E-state index in [1.807, 2.05) is 45.0 Å². The molecule has 1 unspecified atom stereocenters. The Balaban J connectivity index is 2.74. The summed E-state index contributed by atoms with van der Waals surface area (Å²) < 4.78 is 10.4. The molecule has 0 aliphatic rings. The molecule has 0 amide bonds. The maximum Gasteiger partial charge on any atom is 0.326 e. The molecule has 106 valence electrons. The number of ether oxygens (including phenoxy) is 2. The normalized spacial score (nSPS) is 14.6. The van der Waals surface area contributed by atoms with Crippen LogP contribution >= 0.6 is 0 Å². The van der Waals surface area contributed by atoms with E-state index in [-0.39, 0.29) is 0 Å². The highest BCUT2D eigenvalue weighted by atomic mass is 16.6.